The summed E-state index contributed by atoms with van der Waals surface area (Å²) >= 11 is 7.69. The van der Waals surface area contributed by atoms with Gasteiger partial charge in [-0.3, -0.25) is 9.59 Å². The van der Waals surface area contributed by atoms with E-state index in [-0.39, 0.29) is 24.4 Å². The van der Waals surface area contributed by atoms with E-state index in [0.29, 0.717) is 41.6 Å². The molecule has 0 aliphatic rings. The zero-order valence-electron chi connectivity index (χ0n) is 20.5. The van der Waals surface area contributed by atoms with Crippen LogP contribution in [0.25, 0.3) is 0 Å². The maximum absolute atomic E-state index is 13.5. The Morgan fingerprint density at radius 1 is 1.00 bits per heavy atom. The molecule has 2 aromatic carbocycles. The van der Waals surface area contributed by atoms with Gasteiger partial charge in [-0.1, -0.05) is 29.8 Å². The predicted octanol–water partition coefficient (Wildman–Crippen LogP) is 5.54. The largest absolute Gasteiger partial charge is 0.493 e. The molecule has 0 radical (unpaired) electrons. The first-order valence-corrected chi connectivity index (χ1v) is 12.7. The van der Waals surface area contributed by atoms with Crippen molar-refractivity contribution in [2.45, 2.75) is 32.9 Å². The zero-order chi connectivity index (χ0) is 25.4. The smallest absolute Gasteiger partial charge is 0.254 e. The van der Waals surface area contributed by atoms with Crippen molar-refractivity contribution in [3.05, 3.63) is 81.0 Å². The van der Waals surface area contributed by atoms with Crippen LogP contribution < -0.4 is 9.47 Å². The van der Waals surface area contributed by atoms with Crippen LogP contribution in [0.15, 0.2) is 60.0 Å². The number of amides is 2. The molecule has 2 amide bonds. The Labute approximate surface area is 216 Å². The summed E-state index contributed by atoms with van der Waals surface area (Å²) in [5.74, 6) is 0.990. The first kappa shape index (κ1) is 26.6. The Hall–Kier alpha value is -3.03. The van der Waals surface area contributed by atoms with Crippen molar-refractivity contribution < 1.29 is 19.1 Å². The van der Waals surface area contributed by atoms with Crippen LogP contribution in [0.1, 0.15) is 34.6 Å². The first-order valence-electron chi connectivity index (χ1n) is 11.4. The van der Waals surface area contributed by atoms with Crippen molar-refractivity contribution in [2.75, 3.05) is 27.3 Å². The van der Waals surface area contributed by atoms with Crippen LogP contribution in [0.5, 0.6) is 11.5 Å². The van der Waals surface area contributed by atoms with Crippen molar-refractivity contribution in [1.82, 2.24) is 9.80 Å². The SMILES string of the molecule is COc1ccc(CCN(Cc2cccs2)C(=O)CN(C(=O)c2cccc(Cl)c2)C(C)C)cc1OC. The average molecular weight is 515 g/mol. The number of nitrogens with zero attached hydrogens (tertiary/aromatic N) is 2. The molecule has 6 nitrogen and oxygen atoms in total. The molecule has 0 atom stereocenters. The molecular formula is C27H31ClN2O4S. The van der Waals surface area contributed by atoms with Gasteiger partial charge < -0.3 is 19.3 Å². The van der Waals surface area contributed by atoms with E-state index >= 15 is 0 Å². The Kier molecular flexibility index (Phi) is 9.57. The van der Waals surface area contributed by atoms with Gasteiger partial charge >= 0.3 is 0 Å². The maximum Gasteiger partial charge on any atom is 0.254 e. The highest BCUT2D eigenvalue weighted by Gasteiger charge is 2.25. The molecule has 3 rings (SSSR count). The molecule has 3 aromatic rings. The summed E-state index contributed by atoms with van der Waals surface area (Å²) in [6.07, 6.45) is 0.640. The second kappa shape index (κ2) is 12.6. The molecule has 0 saturated heterocycles. The van der Waals surface area contributed by atoms with Crippen LogP contribution in [0.3, 0.4) is 0 Å². The van der Waals surface area contributed by atoms with Gasteiger partial charge in [-0.05, 0) is 67.6 Å². The number of carbonyl (C=O) groups is 2. The summed E-state index contributed by atoms with van der Waals surface area (Å²) in [6.45, 7) is 4.79. The monoisotopic (exact) mass is 514 g/mol. The molecule has 0 unspecified atom stereocenters. The lowest BCUT2D eigenvalue weighted by Gasteiger charge is -2.30. The highest BCUT2D eigenvalue weighted by atomic mass is 35.5. The molecular weight excluding hydrogens is 484 g/mol. The molecule has 8 heteroatoms. The highest BCUT2D eigenvalue weighted by Crippen LogP contribution is 2.28. The Morgan fingerprint density at radius 2 is 1.77 bits per heavy atom. The van der Waals surface area contributed by atoms with Gasteiger partial charge in [-0.2, -0.15) is 0 Å². The van der Waals surface area contributed by atoms with E-state index < -0.39 is 0 Å². The van der Waals surface area contributed by atoms with Gasteiger partial charge in [0, 0.05) is 28.0 Å². The molecule has 0 aliphatic heterocycles. The lowest BCUT2D eigenvalue weighted by molar-refractivity contribution is -0.132. The summed E-state index contributed by atoms with van der Waals surface area (Å²) < 4.78 is 10.7. The summed E-state index contributed by atoms with van der Waals surface area (Å²) in [6, 6.07) is 16.4. The Bertz CT molecular complexity index is 1130. The number of hydrogen-bond donors (Lipinski definition) is 0. The van der Waals surface area contributed by atoms with Gasteiger partial charge in [-0.15, -0.1) is 11.3 Å². The van der Waals surface area contributed by atoms with Crippen LogP contribution in [0, 0.1) is 0 Å². The lowest BCUT2D eigenvalue weighted by atomic mass is 10.1. The van der Waals surface area contributed by atoms with E-state index in [0.717, 1.165) is 10.4 Å². The number of hydrogen-bond acceptors (Lipinski definition) is 5. The summed E-state index contributed by atoms with van der Waals surface area (Å²) in [5.41, 5.74) is 1.50. The van der Waals surface area contributed by atoms with E-state index in [1.54, 1.807) is 54.7 Å². The van der Waals surface area contributed by atoms with Gasteiger partial charge in [0.25, 0.3) is 5.91 Å². The normalized spacial score (nSPS) is 10.8. The van der Waals surface area contributed by atoms with Gasteiger partial charge in [0.05, 0.1) is 20.8 Å². The molecule has 0 fully saturated rings. The van der Waals surface area contributed by atoms with E-state index in [2.05, 4.69) is 0 Å². The minimum Gasteiger partial charge on any atom is -0.493 e. The lowest BCUT2D eigenvalue weighted by Crippen LogP contribution is -2.46. The fourth-order valence-corrected chi connectivity index (χ4v) is 4.61. The van der Waals surface area contributed by atoms with Crippen molar-refractivity contribution >= 4 is 34.8 Å². The third kappa shape index (κ3) is 7.23. The zero-order valence-corrected chi connectivity index (χ0v) is 22.1. The van der Waals surface area contributed by atoms with Crippen LogP contribution in [-0.2, 0) is 17.8 Å². The van der Waals surface area contributed by atoms with Crippen LogP contribution in [0.2, 0.25) is 5.02 Å². The number of rotatable bonds is 11. The van der Waals surface area contributed by atoms with E-state index in [9.17, 15) is 9.59 Å². The fraction of sp³-hybridized carbons (Fsp3) is 0.333. The average Bonchev–Trinajstić information content (AvgIpc) is 3.37. The molecule has 0 N–H and O–H groups in total. The van der Waals surface area contributed by atoms with Gasteiger partial charge in [-0.25, -0.2) is 0 Å². The molecule has 1 aromatic heterocycles. The number of benzene rings is 2. The molecule has 35 heavy (non-hydrogen) atoms. The quantitative estimate of drug-likeness (QED) is 0.337. The van der Waals surface area contributed by atoms with Crippen molar-refractivity contribution in [2.24, 2.45) is 0 Å². The number of thiophene rings is 1. The predicted molar refractivity (Wildman–Crippen MR) is 141 cm³/mol. The third-order valence-electron chi connectivity index (χ3n) is 5.66. The molecule has 0 saturated carbocycles. The summed E-state index contributed by atoms with van der Waals surface area (Å²) in [4.78, 5) is 31.2. The van der Waals surface area contributed by atoms with Crippen molar-refractivity contribution in [1.29, 1.82) is 0 Å². The van der Waals surface area contributed by atoms with E-state index in [4.69, 9.17) is 21.1 Å². The second-order valence-electron chi connectivity index (χ2n) is 8.37. The van der Waals surface area contributed by atoms with Gasteiger partial charge in [0.1, 0.15) is 6.54 Å². The Morgan fingerprint density at radius 3 is 2.40 bits per heavy atom. The third-order valence-corrected chi connectivity index (χ3v) is 6.76. The summed E-state index contributed by atoms with van der Waals surface area (Å²) in [7, 11) is 3.20. The maximum atomic E-state index is 13.5. The van der Waals surface area contributed by atoms with Crippen LogP contribution in [-0.4, -0.2) is 55.0 Å². The number of methoxy groups -OCH3 is 2. The van der Waals surface area contributed by atoms with Crippen molar-refractivity contribution in [3.63, 3.8) is 0 Å². The topological polar surface area (TPSA) is 59.1 Å². The van der Waals surface area contributed by atoms with Gasteiger partial charge in [0.2, 0.25) is 5.91 Å². The molecule has 0 bridgehead atoms. The standard InChI is InChI=1S/C27H31ClN2O4S/c1-19(2)30(27(32)21-7-5-8-22(28)16-21)18-26(31)29(17-23-9-6-14-35-23)13-12-20-10-11-24(33-3)25(15-20)34-4/h5-11,14-16,19H,12-13,17-18H2,1-4H3. The van der Waals surface area contributed by atoms with Crippen LogP contribution in [0.4, 0.5) is 0 Å². The molecule has 0 aliphatic carbocycles. The molecule has 186 valence electrons. The first-order chi connectivity index (χ1) is 16.8. The van der Waals surface area contributed by atoms with Gasteiger partial charge in [0.15, 0.2) is 11.5 Å². The second-order valence-corrected chi connectivity index (χ2v) is 9.84. The minimum atomic E-state index is -0.216. The van der Waals surface area contributed by atoms with Crippen molar-refractivity contribution in [3.8, 4) is 11.5 Å². The minimum absolute atomic E-state index is 0.0136. The van der Waals surface area contributed by atoms with Crippen LogP contribution >= 0.6 is 22.9 Å². The molecule has 0 spiro atoms. The summed E-state index contributed by atoms with van der Waals surface area (Å²) in [5, 5.41) is 2.48. The Balaban J connectivity index is 1.77. The number of carbonyl (C=O) groups excluding carboxylic acids is 2. The fourth-order valence-electron chi connectivity index (χ4n) is 3.70. The number of ether oxygens (including phenoxy) is 2. The highest BCUT2D eigenvalue weighted by molar-refractivity contribution is 7.09. The number of halogens is 1. The molecule has 1 heterocycles. The van der Waals surface area contributed by atoms with E-state index in [1.165, 1.54) is 0 Å². The van der Waals surface area contributed by atoms with E-state index in [1.807, 2.05) is 54.5 Å².